The highest BCUT2D eigenvalue weighted by atomic mass is 16.8. The molecule has 0 saturated carbocycles. The first-order valence-corrected chi connectivity index (χ1v) is 5.52. The van der Waals surface area contributed by atoms with Gasteiger partial charge in [-0.2, -0.15) is 0 Å². The molecule has 0 bridgehead atoms. The van der Waals surface area contributed by atoms with Gasteiger partial charge in [-0.3, -0.25) is 0 Å². The van der Waals surface area contributed by atoms with Crippen LogP contribution in [0.4, 0.5) is 0 Å². The van der Waals surface area contributed by atoms with E-state index in [2.05, 4.69) is 4.98 Å². The first-order chi connectivity index (χ1) is 7.57. The number of fused-ring (bicyclic) bond motifs is 1. The highest BCUT2D eigenvalue weighted by Gasteiger charge is 2.50. The number of aryl methyl sites for hydroxylation is 1. The molecule has 0 amide bonds. The van der Waals surface area contributed by atoms with Crippen LogP contribution in [0.15, 0.2) is 12.5 Å². The maximum Gasteiger partial charge on any atom is 0.164 e. The van der Waals surface area contributed by atoms with Gasteiger partial charge in [-0.25, -0.2) is 4.98 Å². The molecule has 0 aliphatic carbocycles. The van der Waals surface area contributed by atoms with Crippen LogP contribution in [-0.4, -0.2) is 34.2 Å². The summed E-state index contributed by atoms with van der Waals surface area (Å²) in [7, 11) is 0. The Morgan fingerprint density at radius 3 is 2.94 bits per heavy atom. The highest BCUT2D eigenvalue weighted by molar-refractivity contribution is 5.00. The van der Waals surface area contributed by atoms with Crippen molar-refractivity contribution in [2.75, 3.05) is 6.61 Å². The molecule has 5 nitrogen and oxygen atoms in total. The van der Waals surface area contributed by atoms with Gasteiger partial charge >= 0.3 is 0 Å². The van der Waals surface area contributed by atoms with E-state index < -0.39 is 5.79 Å². The molecule has 2 aliphatic heterocycles. The van der Waals surface area contributed by atoms with Crippen molar-refractivity contribution in [3.05, 3.63) is 18.2 Å². The number of ether oxygens (including phenoxy) is 3. The standard InChI is InChI=1S/C11H16N2O3/c1-7-4-12-6-13(7)10-9-8(5-14-10)15-11(2,3)16-9/h4,6,8-10H,5H2,1-3H3. The Hall–Kier alpha value is -0.910. The number of imidazole rings is 1. The Morgan fingerprint density at radius 1 is 1.44 bits per heavy atom. The van der Waals surface area contributed by atoms with E-state index in [4.69, 9.17) is 14.2 Å². The summed E-state index contributed by atoms with van der Waals surface area (Å²) in [5.41, 5.74) is 1.07. The van der Waals surface area contributed by atoms with E-state index >= 15 is 0 Å². The van der Waals surface area contributed by atoms with Crippen molar-refractivity contribution < 1.29 is 14.2 Å². The van der Waals surface area contributed by atoms with Crippen molar-refractivity contribution in [3.63, 3.8) is 0 Å². The molecule has 2 aliphatic rings. The van der Waals surface area contributed by atoms with Crippen LogP contribution < -0.4 is 0 Å². The lowest BCUT2D eigenvalue weighted by Crippen LogP contribution is -2.28. The van der Waals surface area contributed by atoms with E-state index in [9.17, 15) is 0 Å². The Morgan fingerprint density at radius 2 is 2.25 bits per heavy atom. The van der Waals surface area contributed by atoms with Crippen LogP contribution >= 0.6 is 0 Å². The first-order valence-electron chi connectivity index (χ1n) is 5.52. The fourth-order valence-electron chi connectivity index (χ4n) is 2.40. The molecule has 5 heteroatoms. The van der Waals surface area contributed by atoms with Gasteiger partial charge in [0.05, 0.1) is 12.9 Å². The third-order valence-electron chi connectivity index (χ3n) is 3.07. The van der Waals surface area contributed by atoms with Gasteiger partial charge in [0.25, 0.3) is 0 Å². The summed E-state index contributed by atoms with van der Waals surface area (Å²) < 4.78 is 19.3. The van der Waals surface area contributed by atoms with Crippen molar-refractivity contribution in [2.45, 2.75) is 45.0 Å². The maximum atomic E-state index is 5.87. The SMILES string of the molecule is Cc1cncn1C1OCC2OC(C)(C)OC21. The molecule has 3 rings (SSSR count). The van der Waals surface area contributed by atoms with E-state index in [1.54, 1.807) is 6.33 Å². The van der Waals surface area contributed by atoms with Crippen LogP contribution in [0, 0.1) is 6.92 Å². The summed E-state index contributed by atoms with van der Waals surface area (Å²) in [6.45, 7) is 6.45. The lowest BCUT2D eigenvalue weighted by atomic mass is 10.2. The Bertz CT molecular complexity index is 402. The van der Waals surface area contributed by atoms with Crippen molar-refractivity contribution in [3.8, 4) is 0 Å². The smallest absolute Gasteiger partial charge is 0.164 e. The molecule has 0 N–H and O–H groups in total. The summed E-state index contributed by atoms with van der Waals surface area (Å²) in [4.78, 5) is 4.10. The zero-order valence-electron chi connectivity index (χ0n) is 9.71. The van der Waals surface area contributed by atoms with Crippen LogP contribution in [0.1, 0.15) is 25.8 Å². The van der Waals surface area contributed by atoms with Crippen LogP contribution in [0.3, 0.4) is 0 Å². The largest absolute Gasteiger partial charge is 0.352 e. The van der Waals surface area contributed by atoms with E-state index in [1.807, 2.05) is 31.5 Å². The fourth-order valence-corrected chi connectivity index (χ4v) is 2.40. The van der Waals surface area contributed by atoms with Crippen LogP contribution in [0.2, 0.25) is 0 Å². The molecule has 3 atom stereocenters. The minimum absolute atomic E-state index is 0.0294. The van der Waals surface area contributed by atoms with Gasteiger partial charge in [-0.1, -0.05) is 0 Å². The van der Waals surface area contributed by atoms with Crippen molar-refractivity contribution in [1.82, 2.24) is 9.55 Å². The number of hydrogen-bond donors (Lipinski definition) is 0. The molecular formula is C11H16N2O3. The predicted molar refractivity (Wildman–Crippen MR) is 55.8 cm³/mol. The second-order valence-electron chi connectivity index (χ2n) is 4.80. The monoisotopic (exact) mass is 224 g/mol. The molecule has 1 aromatic rings. The van der Waals surface area contributed by atoms with Gasteiger partial charge in [0, 0.05) is 11.9 Å². The third-order valence-corrected chi connectivity index (χ3v) is 3.07. The van der Waals surface area contributed by atoms with E-state index in [1.165, 1.54) is 0 Å². The summed E-state index contributed by atoms with van der Waals surface area (Å²) in [5.74, 6) is -0.508. The van der Waals surface area contributed by atoms with Gasteiger partial charge in [-0.15, -0.1) is 0 Å². The quantitative estimate of drug-likeness (QED) is 0.720. The molecule has 3 unspecified atom stereocenters. The topological polar surface area (TPSA) is 45.5 Å². The first kappa shape index (κ1) is 10.3. The normalized spacial score (nSPS) is 36.6. The second-order valence-corrected chi connectivity index (χ2v) is 4.80. The highest BCUT2D eigenvalue weighted by Crippen LogP contribution is 2.39. The van der Waals surface area contributed by atoms with Gasteiger partial charge < -0.3 is 18.8 Å². The molecule has 2 saturated heterocycles. The minimum atomic E-state index is -0.508. The Labute approximate surface area is 94.3 Å². The van der Waals surface area contributed by atoms with Crippen molar-refractivity contribution in [1.29, 1.82) is 0 Å². The Balaban J connectivity index is 1.87. The average Bonchev–Trinajstić information content (AvgIpc) is 2.79. The van der Waals surface area contributed by atoms with E-state index in [0.717, 1.165) is 5.69 Å². The minimum Gasteiger partial charge on any atom is -0.352 e. The van der Waals surface area contributed by atoms with E-state index in [0.29, 0.717) is 6.61 Å². The zero-order valence-corrected chi connectivity index (χ0v) is 9.71. The van der Waals surface area contributed by atoms with Crippen molar-refractivity contribution >= 4 is 0 Å². The fraction of sp³-hybridized carbons (Fsp3) is 0.727. The summed E-state index contributed by atoms with van der Waals surface area (Å²) in [5, 5.41) is 0. The lowest BCUT2D eigenvalue weighted by molar-refractivity contribution is -0.183. The predicted octanol–water partition coefficient (Wildman–Crippen LogP) is 1.24. The number of aromatic nitrogens is 2. The molecule has 3 heterocycles. The zero-order chi connectivity index (χ0) is 11.3. The Kier molecular flexibility index (Phi) is 2.11. The van der Waals surface area contributed by atoms with Crippen LogP contribution in [0.5, 0.6) is 0 Å². The molecule has 2 fully saturated rings. The van der Waals surface area contributed by atoms with Gasteiger partial charge in [0.2, 0.25) is 0 Å². The molecule has 0 spiro atoms. The van der Waals surface area contributed by atoms with Crippen molar-refractivity contribution in [2.24, 2.45) is 0 Å². The van der Waals surface area contributed by atoms with Gasteiger partial charge in [0.15, 0.2) is 12.0 Å². The third kappa shape index (κ3) is 1.47. The number of hydrogen-bond acceptors (Lipinski definition) is 4. The molecule has 0 radical (unpaired) electrons. The molecule has 0 aromatic carbocycles. The molecule has 1 aromatic heterocycles. The van der Waals surface area contributed by atoms with Crippen LogP contribution in [-0.2, 0) is 14.2 Å². The van der Waals surface area contributed by atoms with Crippen LogP contribution in [0.25, 0.3) is 0 Å². The van der Waals surface area contributed by atoms with Gasteiger partial charge in [0.1, 0.15) is 12.2 Å². The maximum absolute atomic E-state index is 5.87. The summed E-state index contributed by atoms with van der Waals surface area (Å²) in [6.07, 6.45) is 3.47. The lowest BCUT2D eigenvalue weighted by Gasteiger charge is -2.23. The average molecular weight is 224 g/mol. The number of rotatable bonds is 1. The summed E-state index contributed by atoms with van der Waals surface area (Å²) >= 11 is 0. The van der Waals surface area contributed by atoms with E-state index in [-0.39, 0.29) is 18.4 Å². The molecule has 16 heavy (non-hydrogen) atoms. The molecular weight excluding hydrogens is 208 g/mol. The van der Waals surface area contributed by atoms with Gasteiger partial charge in [-0.05, 0) is 20.8 Å². The number of nitrogens with zero attached hydrogens (tertiary/aromatic N) is 2. The summed E-state index contributed by atoms with van der Waals surface area (Å²) in [6, 6.07) is 0. The second kappa shape index (κ2) is 3.29. The molecule has 88 valence electrons.